The van der Waals surface area contributed by atoms with Crippen LogP contribution in [0.25, 0.3) is 0 Å². The monoisotopic (exact) mass is 463 g/mol. The number of rotatable bonds is 2. The van der Waals surface area contributed by atoms with Gasteiger partial charge in [0.2, 0.25) is 0 Å². The van der Waals surface area contributed by atoms with Gasteiger partial charge in [0.05, 0.1) is 36.5 Å². The van der Waals surface area contributed by atoms with Gasteiger partial charge in [-0.05, 0) is 25.1 Å². The van der Waals surface area contributed by atoms with Gasteiger partial charge < -0.3 is 19.6 Å². The van der Waals surface area contributed by atoms with E-state index in [1.807, 2.05) is 6.92 Å². The number of carbonyl (C=O) groups is 2. The third-order valence-corrected chi connectivity index (χ3v) is 6.38. The molecule has 2 atom stereocenters. The van der Waals surface area contributed by atoms with Crippen LogP contribution in [0.2, 0.25) is 0 Å². The average Bonchev–Trinajstić information content (AvgIpc) is 3.44. The summed E-state index contributed by atoms with van der Waals surface area (Å²) in [4.78, 5) is 29.6. The van der Waals surface area contributed by atoms with Crippen LogP contribution >= 0.6 is 0 Å². The first-order valence-corrected chi connectivity index (χ1v) is 10.9. The summed E-state index contributed by atoms with van der Waals surface area (Å²) in [5.41, 5.74) is 2.15. The number of carbonyl (C=O) groups excluding carboxylic acids is 2. The van der Waals surface area contributed by atoms with E-state index in [-0.39, 0.29) is 30.0 Å². The van der Waals surface area contributed by atoms with Crippen LogP contribution in [0.5, 0.6) is 0 Å². The maximum absolute atomic E-state index is 13.6. The van der Waals surface area contributed by atoms with E-state index >= 15 is 0 Å². The van der Waals surface area contributed by atoms with Crippen LogP contribution in [0, 0.1) is 17.1 Å². The minimum Gasteiger partial charge on any atom is -0.361 e. The Morgan fingerprint density at radius 1 is 1.32 bits per heavy atom. The molecule has 0 fully saturated rings. The fourth-order valence-corrected chi connectivity index (χ4v) is 4.60. The molecule has 2 aliphatic rings. The van der Waals surface area contributed by atoms with Crippen molar-refractivity contribution < 1.29 is 18.5 Å². The zero-order valence-electron chi connectivity index (χ0n) is 18.7. The van der Waals surface area contributed by atoms with Crippen LogP contribution in [0.4, 0.5) is 14.9 Å². The van der Waals surface area contributed by atoms with Crippen molar-refractivity contribution in [2.75, 3.05) is 18.9 Å². The van der Waals surface area contributed by atoms with Crippen LogP contribution in [-0.2, 0) is 19.5 Å². The number of nitrogens with zero attached hydrogens (tertiary/aromatic N) is 6. The molecule has 1 N–H and O–H groups in total. The lowest BCUT2D eigenvalue weighted by Gasteiger charge is -2.33. The molecule has 0 spiro atoms. The molecule has 0 unspecified atom stereocenters. The van der Waals surface area contributed by atoms with Gasteiger partial charge in [0, 0.05) is 43.4 Å². The summed E-state index contributed by atoms with van der Waals surface area (Å²) in [7, 11) is 1.73. The molecule has 0 saturated carbocycles. The van der Waals surface area contributed by atoms with Crippen LogP contribution < -0.4 is 5.32 Å². The average molecular weight is 463 g/mol. The van der Waals surface area contributed by atoms with Gasteiger partial charge in [-0.15, -0.1) is 0 Å². The van der Waals surface area contributed by atoms with Crippen LogP contribution in [-0.4, -0.2) is 56.3 Å². The fraction of sp³-hybridized carbons (Fsp3) is 0.348. The van der Waals surface area contributed by atoms with Crippen molar-refractivity contribution in [2.24, 2.45) is 0 Å². The second-order valence-electron chi connectivity index (χ2n) is 8.67. The molecular formula is C23H22FN7O3. The molecule has 4 heterocycles. The first-order chi connectivity index (χ1) is 16.4. The first-order valence-electron chi connectivity index (χ1n) is 10.9. The third kappa shape index (κ3) is 3.67. The number of urea groups is 1. The first kappa shape index (κ1) is 21.6. The van der Waals surface area contributed by atoms with Crippen molar-refractivity contribution in [2.45, 2.75) is 38.4 Å². The molecule has 0 bridgehead atoms. The van der Waals surface area contributed by atoms with Gasteiger partial charge in [-0.2, -0.15) is 10.4 Å². The molecule has 3 amide bonds. The Morgan fingerprint density at radius 3 is 2.88 bits per heavy atom. The molecule has 11 heteroatoms. The van der Waals surface area contributed by atoms with E-state index in [1.54, 1.807) is 39.9 Å². The number of anilines is 1. The lowest BCUT2D eigenvalue weighted by Crippen LogP contribution is -2.45. The molecule has 1 aromatic carbocycles. The number of amides is 3. The Labute approximate surface area is 194 Å². The summed E-state index contributed by atoms with van der Waals surface area (Å²) in [6, 6.07) is 6.82. The third-order valence-electron chi connectivity index (χ3n) is 6.38. The van der Waals surface area contributed by atoms with Crippen LogP contribution in [0.1, 0.15) is 45.9 Å². The molecular weight excluding hydrogens is 441 g/mol. The van der Waals surface area contributed by atoms with Gasteiger partial charge in [-0.3, -0.25) is 9.48 Å². The molecule has 3 aromatic rings. The smallest absolute Gasteiger partial charge is 0.322 e. The van der Waals surface area contributed by atoms with Gasteiger partial charge >= 0.3 is 6.03 Å². The number of nitriles is 1. The Hall–Kier alpha value is -4.20. The number of benzene rings is 1. The van der Waals surface area contributed by atoms with Gasteiger partial charge in [0.1, 0.15) is 23.3 Å². The zero-order chi connectivity index (χ0) is 24.0. The van der Waals surface area contributed by atoms with E-state index in [4.69, 9.17) is 14.9 Å². The maximum atomic E-state index is 13.6. The van der Waals surface area contributed by atoms with Crippen LogP contribution in [0.3, 0.4) is 0 Å². The lowest BCUT2D eigenvalue weighted by atomic mass is 9.99. The summed E-state index contributed by atoms with van der Waals surface area (Å²) in [6.07, 6.45) is 2.06. The van der Waals surface area contributed by atoms with Crippen molar-refractivity contribution in [3.63, 3.8) is 0 Å². The van der Waals surface area contributed by atoms with Crippen molar-refractivity contribution in [3.05, 3.63) is 64.6 Å². The van der Waals surface area contributed by atoms with Gasteiger partial charge in [0.15, 0.2) is 0 Å². The zero-order valence-corrected chi connectivity index (χ0v) is 18.7. The van der Waals surface area contributed by atoms with Crippen molar-refractivity contribution in [1.29, 1.82) is 5.26 Å². The summed E-state index contributed by atoms with van der Waals surface area (Å²) < 4.78 is 20.7. The van der Waals surface area contributed by atoms with E-state index in [9.17, 15) is 14.0 Å². The number of halogens is 1. The summed E-state index contributed by atoms with van der Waals surface area (Å²) in [5, 5.41) is 20.3. The highest BCUT2D eigenvalue weighted by atomic mass is 19.1. The normalized spacial score (nSPS) is 19.8. The number of hydrogen-bond donors (Lipinski definition) is 1. The molecule has 2 aliphatic heterocycles. The number of nitrogens with one attached hydrogen (secondary N) is 1. The molecule has 0 saturated heterocycles. The highest BCUT2D eigenvalue weighted by Gasteiger charge is 2.37. The minimum atomic E-state index is -0.648. The Morgan fingerprint density at radius 2 is 2.15 bits per heavy atom. The summed E-state index contributed by atoms with van der Waals surface area (Å²) in [6.45, 7) is 3.03. The topological polar surface area (TPSA) is 120 Å². The summed E-state index contributed by atoms with van der Waals surface area (Å²) >= 11 is 0. The second kappa shape index (κ2) is 8.30. The minimum absolute atomic E-state index is 0.0938. The molecule has 0 radical (unpaired) electrons. The Balaban J connectivity index is 1.43. The van der Waals surface area contributed by atoms with Gasteiger partial charge in [0.25, 0.3) is 5.91 Å². The fourth-order valence-electron chi connectivity index (χ4n) is 4.60. The maximum Gasteiger partial charge on any atom is 0.322 e. The van der Waals surface area contributed by atoms with E-state index < -0.39 is 11.8 Å². The van der Waals surface area contributed by atoms with Crippen molar-refractivity contribution >= 4 is 17.6 Å². The molecule has 0 aliphatic carbocycles. The SMILES string of the molecule is C[C@@H]1Cc2nn3c(c2CN1C(=O)Nc1ccc(F)c(C#N)c1)C(=O)N(C)C[C@@H](c1ccno1)C3. The molecule has 5 rings (SSSR count). The van der Waals surface area contributed by atoms with Gasteiger partial charge in [-0.25, -0.2) is 9.18 Å². The second-order valence-corrected chi connectivity index (χ2v) is 8.67. The number of hydrogen-bond acceptors (Lipinski definition) is 6. The Bertz CT molecular complexity index is 1310. The standard InChI is InChI=1S/C23H22FN7O3/c1-13-7-19-17(12-30(13)23(33)27-16-3-4-18(24)14(8-16)9-25)21-22(32)29(2)10-15(11-31(21)28-19)20-5-6-26-34-20/h3-6,8,13,15H,7,10-12H2,1-2H3,(H,27,33)/t13-,15-/m1/s1. The van der Waals surface area contributed by atoms with Crippen molar-refractivity contribution in [3.8, 4) is 6.07 Å². The molecule has 174 valence electrons. The number of fused-ring (bicyclic) bond motifs is 3. The quantitative estimate of drug-likeness (QED) is 0.624. The summed E-state index contributed by atoms with van der Waals surface area (Å²) in [5.74, 6) is -0.219. The van der Waals surface area contributed by atoms with E-state index in [2.05, 4.69) is 10.5 Å². The molecule has 10 nitrogen and oxygen atoms in total. The molecule has 2 aromatic heterocycles. The lowest BCUT2D eigenvalue weighted by molar-refractivity contribution is 0.0785. The predicted octanol–water partition coefficient (Wildman–Crippen LogP) is 2.73. The van der Waals surface area contributed by atoms with Gasteiger partial charge in [-0.1, -0.05) is 5.16 Å². The van der Waals surface area contributed by atoms with E-state index in [0.29, 0.717) is 36.7 Å². The molecule has 34 heavy (non-hydrogen) atoms. The van der Waals surface area contributed by atoms with Crippen molar-refractivity contribution in [1.82, 2.24) is 24.7 Å². The number of aromatic nitrogens is 3. The number of likely N-dealkylation sites (N-methyl/N-ethyl adjacent to an activating group) is 1. The van der Waals surface area contributed by atoms with E-state index in [0.717, 1.165) is 17.3 Å². The van der Waals surface area contributed by atoms with E-state index in [1.165, 1.54) is 12.1 Å². The highest BCUT2D eigenvalue weighted by molar-refractivity contribution is 5.95. The van der Waals surface area contributed by atoms with Crippen LogP contribution in [0.15, 0.2) is 35.0 Å². The highest BCUT2D eigenvalue weighted by Crippen LogP contribution is 2.31. The Kier molecular flexibility index (Phi) is 5.28. The largest absolute Gasteiger partial charge is 0.361 e. The predicted molar refractivity (Wildman–Crippen MR) is 117 cm³/mol.